The van der Waals surface area contributed by atoms with Crippen LogP contribution in [0.2, 0.25) is 0 Å². The fourth-order valence-electron chi connectivity index (χ4n) is 2.27. The van der Waals surface area contributed by atoms with Crippen LogP contribution in [0.4, 0.5) is 5.69 Å². The molecule has 3 N–H and O–H groups in total. The molecule has 0 bridgehead atoms. The molecule has 0 aliphatic carbocycles. The van der Waals surface area contributed by atoms with Crippen LogP contribution in [0.1, 0.15) is 19.8 Å². The first kappa shape index (κ1) is 15.3. The molecule has 2 heterocycles. The third-order valence-electron chi connectivity index (χ3n) is 3.37. The van der Waals surface area contributed by atoms with Crippen molar-refractivity contribution in [2.45, 2.75) is 24.0 Å². The van der Waals surface area contributed by atoms with Crippen molar-refractivity contribution in [1.29, 1.82) is 0 Å². The first-order chi connectivity index (χ1) is 9.45. The predicted octanol–water partition coefficient (Wildman–Crippen LogP) is 0.867. The van der Waals surface area contributed by atoms with Gasteiger partial charge in [0, 0.05) is 36.6 Å². The van der Waals surface area contributed by atoms with E-state index in [1.807, 2.05) is 6.92 Å². The number of nitrogens with zero attached hydrogens (tertiary/aromatic N) is 1. The van der Waals surface area contributed by atoms with E-state index in [0.717, 1.165) is 11.3 Å². The van der Waals surface area contributed by atoms with Crippen LogP contribution in [0.15, 0.2) is 15.7 Å². The zero-order valence-corrected chi connectivity index (χ0v) is 13.0. The summed E-state index contributed by atoms with van der Waals surface area (Å²) in [5.74, 6) is -0.0697. The summed E-state index contributed by atoms with van der Waals surface area (Å²) in [5, 5.41) is 4.40. The van der Waals surface area contributed by atoms with Crippen LogP contribution in [-0.2, 0) is 14.8 Å². The average Bonchev–Trinajstić information content (AvgIpc) is 2.86. The Kier molecular flexibility index (Phi) is 4.66. The zero-order chi connectivity index (χ0) is 14.8. The summed E-state index contributed by atoms with van der Waals surface area (Å²) in [7, 11) is -3.46. The Balaban J connectivity index is 2.02. The number of nitrogen functional groups attached to an aromatic ring is 1. The van der Waals surface area contributed by atoms with E-state index in [2.05, 4.69) is 5.32 Å². The Morgan fingerprint density at radius 1 is 1.50 bits per heavy atom. The minimum atomic E-state index is -3.46. The number of anilines is 1. The maximum Gasteiger partial charge on any atom is 0.252 e. The minimum absolute atomic E-state index is 0.0184. The van der Waals surface area contributed by atoms with Gasteiger partial charge in [0.2, 0.25) is 5.91 Å². The normalized spacial score (nSPS) is 18.1. The van der Waals surface area contributed by atoms with Gasteiger partial charge in [0.1, 0.15) is 4.21 Å². The van der Waals surface area contributed by atoms with Gasteiger partial charge in [-0.15, -0.1) is 11.3 Å². The molecule has 0 spiro atoms. The van der Waals surface area contributed by atoms with E-state index < -0.39 is 10.0 Å². The number of carbonyl (C=O) groups excluding carboxylic acids is 1. The lowest BCUT2D eigenvalue weighted by atomic mass is 9.97. The molecule has 1 aliphatic heterocycles. The summed E-state index contributed by atoms with van der Waals surface area (Å²) in [6.45, 7) is 3.23. The second-order valence-corrected chi connectivity index (χ2v) is 7.85. The highest BCUT2D eigenvalue weighted by Gasteiger charge is 2.32. The van der Waals surface area contributed by atoms with Crippen molar-refractivity contribution in [3.8, 4) is 0 Å². The van der Waals surface area contributed by atoms with Gasteiger partial charge in [-0.1, -0.05) is 0 Å². The number of sulfonamides is 1. The van der Waals surface area contributed by atoms with Gasteiger partial charge in [0.25, 0.3) is 10.0 Å². The smallest absolute Gasteiger partial charge is 0.252 e. The lowest BCUT2D eigenvalue weighted by Gasteiger charge is -2.30. The van der Waals surface area contributed by atoms with E-state index in [1.165, 1.54) is 10.4 Å². The van der Waals surface area contributed by atoms with Crippen molar-refractivity contribution in [2.75, 3.05) is 25.4 Å². The number of nitrogens with one attached hydrogen (secondary N) is 1. The van der Waals surface area contributed by atoms with Crippen molar-refractivity contribution in [2.24, 2.45) is 5.92 Å². The predicted molar refractivity (Wildman–Crippen MR) is 78.9 cm³/mol. The van der Waals surface area contributed by atoms with E-state index in [9.17, 15) is 13.2 Å². The molecule has 1 aromatic heterocycles. The van der Waals surface area contributed by atoms with Gasteiger partial charge in [-0.05, 0) is 25.8 Å². The molecule has 2 rings (SSSR count). The highest BCUT2D eigenvalue weighted by atomic mass is 32.2. The molecule has 0 saturated carbocycles. The van der Waals surface area contributed by atoms with E-state index in [4.69, 9.17) is 5.73 Å². The van der Waals surface area contributed by atoms with Gasteiger partial charge in [0.05, 0.1) is 0 Å². The molecule has 112 valence electrons. The Morgan fingerprint density at radius 3 is 2.65 bits per heavy atom. The molecule has 0 aromatic carbocycles. The van der Waals surface area contributed by atoms with Gasteiger partial charge in [-0.2, -0.15) is 4.31 Å². The van der Waals surface area contributed by atoms with Gasteiger partial charge in [0.15, 0.2) is 0 Å². The molecule has 6 nitrogen and oxygen atoms in total. The number of hydrogen-bond acceptors (Lipinski definition) is 5. The summed E-state index contributed by atoms with van der Waals surface area (Å²) in [6, 6.07) is 1.48. The minimum Gasteiger partial charge on any atom is -0.398 e. The number of thiophene rings is 1. The fourth-order valence-corrected chi connectivity index (χ4v) is 4.97. The average molecular weight is 317 g/mol. The van der Waals surface area contributed by atoms with Crippen molar-refractivity contribution in [1.82, 2.24) is 9.62 Å². The van der Waals surface area contributed by atoms with Crippen LogP contribution >= 0.6 is 11.3 Å². The first-order valence-electron chi connectivity index (χ1n) is 6.57. The van der Waals surface area contributed by atoms with Crippen molar-refractivity contribution in [3.05, 3.63) is 11.4 Å². The van der Waals surface area contributed by atoms with E-state index in [0.29, 0.717) is 38.2 Å². The van der Waals surface area contributed by atoms with Crippen molar-refractivity contribution >= 4 is 33.0 Å². The molecule has 1 saturated heterocycles. The Morgan fingerprint density at radius 2 is 2.15 bits per heavy atom. The van der Waals surface area contributed by atoms with Crippen molar-refractivity contribution < 1.29 is 13.2 Å². The molecule has 8 heteroatoms. The van der Waals surface area contributed by atoms with E-state index in [-0.39, 0.29) is 16.0 Å². The van der Waals surface area contributed by atoms with E-state index in [1.54, 1.807) is 5.38 Å². The van der Waals surface area contributed by atoms with Gasteiger partial charge in [-0.3, -0.25) is 4.79 Å². The lowest BCUT2D eigenvalue weighted by Crippen LogP contribution is -2.42. The number of piperidine rings is 1. The summed E-state index contributed by atoms with van der Waals surface area (Å²) >= 11 is 1.13. The highest BCUT2D eigenvalue weighted by molar-refractivity contribution is 7.91. The van der Waals surface area contributed by atoms with E-state index >= 15 is 0 Å². The molecule has 20 heavy (non-hydrogen) atoms. The molecule has 0 unspecified atom stereocenters. The Labute approximate surface area is 123 Å². The summed E-state index contributed by atoms with van der Waals surface area (Å²) in [4.78, 5) is 11.7. The maximum absolute atomic E-state index is 12.4. The second-order valence-electron chi connectivity index (χ2n) is 4.77. The quantitative estimate of drug-likeness (QED) is 0.861. The molecule has 1 aromatic rings. The maximum atomic E-state index is 12.4. The number of amides is 1. The summed E-state index contributed by atoms with van der Waals surface area (Å²) in [6.07, 6.45) is 1.12. The van der Waals surface area contributed by atoms with Crippen LogP contribution in [0.3, 0.4) is 0 Å². The molecule has 0 radical (unpaired) electrons. The van der Waals surface area contributed by atoms with Crippen LogP contribution in [0.25, 0.3) is 0 Å². The number of hydrogen-bond donors (Lipinski definition) is 2. The fraction of sp³-hybridized carbons (Fsp3) is 0.583. The molecular weight excluding hydrogens is 298 g/mol. The van der Waals surface area contributed by atoms with Crippen LogP contribution < -0.4 is 11.1 Å². The molecule has 1 aliphatic rings. The second kappa shape index (κ2) is 6.11. The van der Waals surface area contributed by atoms with Crippen LogP contribution in [-0.4, -0.2) is 38.3 Å². The Hall–Kier alpha value is -1.12. The van der Waals surface area contributed by atoms with Gasteiger partial charge in [-0.25, -0.2) is 8.42 Å². The number of carbonyl (C=O) groups is 1. The van der Waals surface area contributed by atoms with Gasteiger partial charge < -0.3 is 11.1 Å². The SMILES string of the molecule is CCNC(=O)C1CCN(S(=O)(=O)c2cc(N)cs2)CC1. The topological polar surface area (TPSA) is 92.5 Å². The van der Waals surface area contributed by atoms with Crippen molar-refractivity contribution in [3.63, 3.8) is 0 Å². The summed E-state index contributed by atoms with van der Waals surface area (Å²) in [5.41, 5.74) is 6.04. The molecule has 0 atom stereocenters. The lowest BCUT2D eigenvalue weighted by molar-refractivity contribution is -0.126. The Bertz CT molecular complexity index is 575. The zero-order valence-electron chi connectivity index (χ0n) is 11.3. The third kappa shape index (κ3) is 3.13. The van der Waals surface area contributed by atoms with Gasteiger partial charge >= 0.3 is 0 Å². The number of rotatable bonds is 4. The van der Waals surface area contributed by atoms with Crippen LogP contribution in [0, 0.1) is 5.92 Å². The van der Waals surface area contributed by atoms with Crippen LogP contribution in [0.5, 0.6) is 0 Å². The standard InChI is InChI=1S/C12H19N3O3S2/c1-2-14-12(16)9-3-5-15(6-4-9)20(17,18)11-7-10(13)8-19-11/h7-9H,2-6,13H2,1H3,(H,14,16). The molecular formula is C12H19N3O3S2. The monoisotopic (exact) mass is 317 g/mol. The molecule has 1 fully saturated rings. The largest absolute Gasteiger partial charge is 0.398 e. The number of nitrogens with two attached hydrogens (primary N) is 1. The molecule has 1 amide bonds. The summed E-state index contributed by atoms with van der Waals surface area (Å²) < 4.78 is 26.5. The highest BCUT2D eigenvalue weighted by Crippen LogP contribution is 2.28. The third-order valence-corrected chi connectivity index (χ3v) is 6.70. The first-order valence-corrected chi connectivity index (χ1v) is 8.89.